The van der Waals surface area contributed by atoms with E-state index in [4.69, 9.17) is 0 Å². The highest BCUT2D eigenvalue weighted by Gasteiger charge is 2.25. The van der Waals surface area contributed by atoms with Gasteiger partial charge in [-0.1, -0.05) is 36.4 Å². The highest BCUT2D eigenvalue weighted by Crippen LogP contribution is 2.19. The van der Waals surface area contributed by atoms with Crippen molar-refractivity contribution in [3.05, 3.63) is 65.5 Å². The Labute approximate surface area is 143 Å². The van der Waals surface area contributed by atoms with Crippen molar-refractivity contribution in [3.63, 3.8) is 0 Å². The molecular formula is C20H25N3O. The Kier molecular flexibility index (Phi) is 5.59. The van der Waals surface area contributed by atoms with Gasteiger partial charge >= 0.3 is 0 Å². The average molecular weight is 323 g/mol. The molecule has 1 aromatic heterocycles. The lowest BCUT2D eigenvalue weighted by atomic mass is 9.96. The van der Waals surface area contributed by atoms with E-state index in [1.54, 1.807) is 0 Å². The largest absolute Gasteiger partial charge is 0.352 e. The lowest BCUT2D eigenvalue weighted by molar-refractivity contribution is -0.126. The summed E-state index contributed by atoms with van der Waals surface area (Å²) in [6, 6.07) is 14.5. The monoisotopic (exact) mass is 323 g/mol. The van der Waals surface area contributed by atoms with Crippen molar-refractivity contribution in [1.82, 2.24) is 15.2 Å². The third kappa shape index (κ3) is 4.65. The molecular weight excluding hydrogens is 298 g/mol. The van der Waals surface area contributed by atoms with E-state index in [0.717, 1.165) is 43.7 Å². The fraction of sp³-hybridized carbons (Fsp3) is 0.400. The number of aryl methyl sites for hydroxylation is 1. The minimum atomic E-state index is 0.0841. The predicted molar refractivity (Wildman–Crippen MR) is 95.3 cm³/mol. The molecule has 1 aliphatic heterocycles. The van der Waals surface area contributed by atoms with Gasteiger partial charge in [0.25, 0.3) is 0 Å². The molecule has 0 saturated carbocycles. The van der Waals surface area contributed by atoms with Crippen LogP contribution < -0.4 is 5.32 Å². The summed E-state index contributed by atoms with van der Waals surface area (Å²) in [5.41, 5.74) is 3.35. The summed E-state index contributed by atoms with van der Waals surface area (Å²) in [6.45, 7) is 5.35. The molecule has 2 aromatic rings. The van der Waals surface area contributed by atoms with Gasteiger partial charge in [0, 0.05) is 31.5 Å². The molecule has 1 aromatic carbocycles. The van der Waals surface area contributed by atoms with Crippen LogP contribution in [0.15, 0.2) is 48.7 Å². The molecule has 4 heteroatoms. The van der Waals surface area contributed by atoms with Crippen LogP contribution in [0.2, 0.25) is 0 Å². The Bertz CT molecular complexity index is 654. The lowest BCUT2D eigenvalue weighted by Gasteiger charge is -2.32. The highest BCUT2D eigenvalue weighted by atomic mass is 16.1. The van der Waals surface area contributed by atoms with Gasteiger partial charge in [-0.15, -0.1) is 0 Å². The molecule has 0 bridgehead atoms. The van der Waals surface area contributed by atoms with Gasteiger partial charge < -0.3 is 5.32 Å². The first-order valence-electron chi connectivity index (χ1n) is 8.66. The van der Waals surface area contributed by atoms with E-state index in [9.17, 15) is 4.79 Å². The zero-order valence-electron chi connectivity index (χ0n) is 14.2. The number of piperidine rings is 1. The molecule has 1 atom stereocenters. The summed E-state index contributed by atoms with van der Waals surface area (Å²) in [5, 5.41) is 3.07. The van der Waals surface area contributed by atoms with E-state index < -0.39 is 0 Å². The molecule has 0 spiro atoms. The molecule has 1 amide bonds. The Morgan fingerprint density at radius 2 is 2.04 bits per heavy atom. The topological polar surface area (TPSA) is 45.2 Å². The second-order valence-corrected chi connectivity index (χ2v) is 6.59. The second-order valence-electron chi connectivity index (χ2n) is 6.59. The normalized spacial score (nSPS) is 18.3. The summed E-state index contributed by atoms with van der Waals surface area (Å²) in [5.74, 6) is 0.245. The molecule has 3 rings (SSSR count). The van der Waals surface area contributed by atoms with Crippen molar-refractivity contribution in [1.29, 1.82) is 0 Å². The number of rotatable bonds is 5. The molecule has 1 fully saturated rings. The minimum absolute atomic E-state index is 0.0841. The van der Waals surface area contributed by atoms with Crippen LogP contribution in [0.1, 0.15) is 29.7 Å². The van der Waals surface area contributed by atoms with E-state index >= 15 is 0 Å². The molecule has 24 heavy (non-hydrogen) atoms. The van der Waals surface area contributed by atoms with Crippen LogP contribution in [-0.4, -0.2) is 28.9 Å². The fourth-order valence-corrected chi connectivity index (χ4v) is 3.19. The number of likely N-dealkylation sites (tertiary alicyclic amines) is 1. The standard InChI is InChI=1S/C20H25N3O/c1-16-9-10-18(12-21-16)13-22-20(24)19-8-5-11-23(15-19)14-17-6-3-2-4-7-17/h2-4,6-7,9-10,12,19H,5,8,11,13-15H2,1H3,(H,22,24). The molecule has 1 saturated heterocycles. The molecule has 2 heterocycles. The van der Waals surface area contributed by atoms with Crippen molar-refractivity contribution in [3.8, 4) is 0 Å². The summed E-state index contributed by atoms with van der Waals surface area (Å²) >= 11 is 0. The SMILES string of the molecule is Cc1ccc(CNC(=O)C2CCCN(Cc3ccccc3)C2)cn1. The van der Waals surface area contributed by atoms with Crippen LogP contribution in [0.3, 0.4) is 0 Å². The van der Waals surface area contributed by atoms with Gasteiger partial charge in [-0.25, -0.2) is 0 Å². The highest BCUT2D eigenvalue weighted by molar-refractivity contribution is 5.78. The van der Waals surface area contributed by atoms with Crippen molar-refractivity contribution in [2.75, 3.05) is 13.1 Å². The molecule has 1 N–H and O–H groups in total. The van der Waals surface area contributed by atoms with Crippen molar-refractivity contribution >= 4 is 5.91 Å². The average Bonchev–Trinajstić information content (AvgIpc) is 2.62. The number of benzene rings is 1. The fourth-order valence-electron chi connectivity index (χ4n) is 3.19. The minimum Gasteiger partial charge on any atom is -0.352 e. The lowest BCUT2D eigenvalue weighted by Crippen LogP contribution is -2.42. The van der Waals surface area contributed by atoms with Crippen molar-refractivity contribution < 1.29 is 4.79 Å². The van der Waals surface area contributed by atoms with Crippen LogP contribution in [0, 0.1) is 12.8 Å². The number of hydrogen-bond acceptors (Lipinski definition) is 3. The van der Waals surface area contributed by atoms with E-state index in [1.165, 1.54) is 5.56 Å². The van der Waals surface area contributed by atoms with Gasteiger partial charge in [-0.3, -0.25) is 14.7 Å². The van der Waals surface area contributed by atoms with Gasteiger partial charge in [0.1, 0.15) is 0 Å². The number of amides is 1. The third-order valence-electron chi connectivity index (χ3n) is 4.56. The third-order valence-corrected chi connectivity index (χ3v) is 4.56. The van der Waals surface area contributed by atoms with Crippen molar-refractivity contribution in [2.24, 2.45) is 5.92 Å². The first-order valence-corrected chi connectivity index (χ1v) is 8.66. The van der Waals surface area contributed by atoms with E-state index in [1.807, 2.05) is 31.3 Å². The van der Waals surface area contributed by atoms with Gasteiger partial charge in [-0.2, -0.15) is 0 Å². The number of hydrogen-bond donors (Lipinski definition) is 1. The second kappa shape index (κ2) is 8.06. The van der Waals surface area contributed by atoms with Crippen LogP contribution in [-0.2, 0) is 17.9 Å². The molecule has 0 aliphatic carbocycles. The number of carbonyl (C=O) groups is 1. The van der Waals surface area contributed by atoms with E-state index in [-0.39, 0.29) is 11.8 Å². The summed E-state index contributed by atoms with van der Waals surface area (Å²) in [4.78, 5) is 19.1. The number of aromatic nitrogens is 1. The first kappa shape index (κ1) is 16.7. The van der Waals surface area contributed by atoms with Crippen LogP contribution in [0.5, 0.6) is 0 Å². The van der Waals surface area contributed by atoms with Crippen LogP contribution >= 0.6 is 0 Å². The predicted octanol–water partition coefficient (Wildman–Crippen LogP) is 2.92. The Morgan fingerprint density at radius 3 is 2.79 bits per heavy atom. The molecule has 0 radical (unpaired) electrons. The number of carbonyl (C=O) groups excluding carboxylic acids is 1. The van der Waals surface area contributed by atoms with Gasteiger partial charge in [0.15, 0.2) is 0 Å². The maximum atomic E-state index is 12.5. The number of pyridine rings is 1. The maximum Gasteiger partial charge on any atom is 0.224 e. The molecule has 4 nitrogen and oxygen atoms in total. The van der Waals surface area contributed by atoms with E-state index in [0.29, 0.717) is 6.54 Å². The Hall–Kier alpha value is -2.20. The number of nitrogens with one attached hydrogen (secondary N) is 1. The maximum absolute atomic E-state index is 12.5. The van der Waals surface area contributed by atoms with Crippen LogP contribution in [0.4, 0.5) is 0 Å². The molecule has 126 valence electrons. The molecule has 1 aliphatic rings. The van der Waals surface area contributed by atoms with Gasteiger partial charge in [-0.05, 0) is 43.5 Å². The Morgan fingerprint density at radius 1 is 1.21 bits per heavy atom. The van der Waals surface area contributed by atoms with Gasteiger partial charge in [0.05, 0.1) is 5.92 Å². The quantitative estimate of drug-likeness (QED) is 0.920. The molecule has 1 unspecified atom stereocenters. The van der Waals surface area contributed by atoms with Crippen molar-refractivity contribution in [2.45, 2.75) is 32.9 Å². The number of nitrogens with zero attached hydrogens (tertiary/aromatic N) is 2. The van der Waals surface area contributed by atoms with Gasteiger partial charge in [0.2, 0.25) is 5.91 Å². The first-order chi connectivity index (χ1) is 11.7. The van der Waals surface area contributed by atoms with Crippen LogP contribution in [0.25, 0.3) is 0 Å². The summed E-state index contributed by atoms with van der Waals surface area (Å²) < 4.78 is 0. The zero-order chi connectivity index (χ0) is 16.8. The van der Waals surface area contributed by atoms with E-state index in [2.05, 4.69) is 39.5 Å². The summed E-state index contributed by atoms with van der Waals surface area (Å²) in [7, 11) is 0. The smallest absolute Gasteiger partial charge is 0.224 e. The Balaban J connectivity index is 1.50. The zero-order valence-corrected chi connectivity index (χ0v) is 14.2. The summed E-state index contributed by atoms with van der Waals surface area (Å²) in [6.07, 6.45) is 3.89.